The second kappa shape index (κ2) is 8.62. The first-order valence-corrected chi connectivity index (χ1v) is 8.27. The number of carbonyl (C=O) groups excluding carboxylic acids is 2. The average molecular weight is 349 g/mol. The first-order valence-electron chi connectivity index (χ1n) is 8.27. The summed E-state index contributed by atoms with van der Waals surface area (Å²) in [5, 5.41) is 2.78. The van der Waals surface area contributed by atoms with Crippen LogP contribution in [-0.2, 0) is 11.2 Å². The van der Waals surface area contributed by atoms with Gasteiger partial charge in [0.1, 0.15) is 12.4 Å². The Morgan fingerprint density at radius 1 is 1.48 bits per heavy atom. The molecule has 7 heteroatoms. The van der Waals surface area contributed by atoms with Crippen LogP contribution in [0.25, 0.3) is 0 Å². The highest BCUT2D eigenvalue weighted by Gasteiger charge is 2.26. The minimum atomic E-state index is -0.169. The summed E-state index contributed by atoms with van der Waals surface area (Å²) in [6.45, 7) is 4.44. The lowest BCUT2D eigenvalue weighted by molar-refractivity contribution is -0.122. The monoisotopic (exact) mass is 349 g/mol. The summed E-state index contributed by atoms with van der Waals surface area (Å²) in [5.74, 6) is 0.224. The second-order valence-electron chi connectivity index (χ2n) is 6.28. The van der Waals surface area contributed by atoms with Crippen LogP contribution in [0.2, 0.25) is 0 Å². The van der Waals surface area contributed by atoms with Crippen molar-refractivity contribution in [3.8, 4) is 5.75 Å². The largest absolute Gasteiger partial charge is 0.489 e. The summed E-state index contributed by atoms with van der Waals surface area (Å²) < 4.78 is 18.0. The lowest BCUT2D eigenvalue weighted by Gasteiger charge is -2.28. The summed E-state index contributed by atoms with van der Waals surface area (Å²) in [7, 11) is 0. The van der Waals surface area contributed by atoms with E-state index in [2.05, 4.69) is 5.32 Å². The van der Waals surface area contributed by atoms with Crippen LogP contribution in [0.1, 0.15) is 29.8 Å². The van der Waals surface area contributed by atoms with Crippen LogP contribution in [0.3, 0.4) is 0 Å². The predicted molar refractivity (Wildman–Crippen MR) is 93.1 cm³/mol. The molecule has 1 aliphatic rings. The fourth-order valence-electron chi connectivity index (χ4n) is 2.61. The molecule has 1 aromatic carbocycles. The van der Waals surface area contributed by atoms with Crippen molar-refractivity contribution in [3.63, 3.8) is 0 Å². The van der Waals surface area contributed by atoms with Crippen LogP contribution < -0.4 is 15.8 Å². The van der Waals surface area contributed by atoms with Gasteiger partial charge in [-0.05, 0) is 44.0 Å². The van der Waals surface area contributed by atoms with Gasteiger partial charge in [0.05, 0.1) is 12.9 Å². The first kappa shape index (κ1) is 18.9. The molecule has 1 heterocycles. The summed E-state index contributed by atoms with van der Waals surface area (Å²) >= 11 is 0. The van der Waals surface area contributed by atoms with Crippen LogP contribution in [0.4, 0.5) is 4.39 Å². The summed E-state index contributed by atoms with van der Waals surface area (Å²) in [6.07, 6.45) is 1.08. The van der Waals surface area contributed by atoms with Gasteiger partial charge in [-0.2, -0.15) is 0 Å². The maximum Gasteiger partial charge on any atom is 0.254 e. The molecule has 25 heavy (non-hydrogen) atoms. The number of fused-ring (bicyclic) bond motifs is 1. The van der Waals surface area contributed by atoms with Crippen LogP contribution in [-0.4, -0.2) is 49.0 Å². The van der Waals surface area contributed by atoms with Crippen molar-refractivity contribution in [2.75, 3.05) is 26.2 Å². The Bertz CT molecular complexity index is 674. The van der Waals surface area contributed by atoms with Crippen molar-refractivity contribution >= 4 is 11.8 Å². The molecular weight excluding hydrogens is 325 g/mol. The zero-order valence-corrected chi connectivity index (χ0v) is 14.5. The van der Waals surface area contributed by atoms with Gasteiger partial charge in [0.25, 0.3) is 5.91 Å². The van der Waals surface area contributed by atoms with E-state index in [9.17, 15) is 14.0 Å². The van der Waals surface area contributed by atoms with E-state index < -0.39 is 0 Å². The van der Waals surface area contributed by atoms with Crippen LogP contribution in [0.15, 0.2) is 30.1 Å². The van der Waals surface area contributed by atoms with Crippen molar-refractivity contribution in [3.05, 3.63) is 41.2 Å². The van der Waals surface area contributed by atoms with Crippen LogP contribution >= 0.6 is 0 Å². The van der Waals surface area contributed by atoms with E-state index in [1.54, 1.807) is 23.1 Å². The summed E-state index contributed by atoms with van der Waals surface area (Å²) in [4.78, 5) is 25.9. The Labute approximate surface area is 146 Å². The number of hydrogen-bond acceptors (Lipinski definition) is 4. The van der Waals surface area contributed by atoms with Crippen molar-refractivity contribution < 1.29 is 18.7 Å². The quantitative estimate of drug-likeness (QED) is 0.779. The number of nitrogens with zero attached hydrogens (tertiary/aromatic N) is 1. The standard InChI is InChI=1S/C18H24FN3O3/c1-12(2)21-17(23)10-22-6-5-14-7-15(3-4-16(14)18(22)24)25-11-13(8-19)9-20/h3-4,7-8,12H,5-6,9-11,20H2,1-2H3,(H,21,23)/b13-8-. The van der Waals surface area contributed by atoms with Gasteiger partial charge in [-0.15, -0.1) is 0 Å². The van der Waals surface area contributed by atoms with Crippen molar-refractivity contribution in [2.45, 2.75) is 26.3 Å². The Morgan fingerprint density at radius 2 is 2.24 bits per heavy atom. The van der Waals surface area contributed by atoms with Gasteiger partial charge in [-0.3, -0.25) is 9.59 Å². The zero-order valence-electron chi connectivity index (χ0n) is 14.5. The number of halogens is 1. The number of carbonyl (C=O) groups is 2. The van der Waals surface area contributed by atoms with E-state index in [1.165, 1.54) is 0 Å². The molecule has 0 bridgehead atoms. The minimum Gasteiger partial charge on any atom is -0.489 e. The number of rotatable bonds is 7. The number of nitrogens with one attached hydrogen (secondary N) is 1. The van der Waals surface area contributed by atoms with E-state index in [-0.39, 0.29) is 37.6 Å². The fourth-order valence-corrected chi connectivity index (χ4v) is 2.61. The molecule has 1 aromatic rings. The molecule has 136 valence electrons. The molecule has 0 saturated heterocycles. The fraction of sp³-hybridized carbons (Fsp3) is 0.444. The Balaban J connectivity index is 2.03. The zero-order chi connectivity index (χ0) is 18.4. The topological polar surface area (TPSA) is 84.7 Å². The highest BCUT2D eigenvalue weighted by atomic mass is 19.1. The molecule has 0 atom stereocenters. The van der Waals surface area contributed by atoms with Crippen LogP contribution in [0.5, 0.6) is 5.75 Å². The first-order chi connectivity index (χ1) is 11.9. The molecule has 0 radical (unpaired) electrons. The normalized spacial score (nSPS) is 14.5. The minimum absolute atomic E-state index is 0.0381. The van der Waals surface area contributed by atoms with Gasteiger partial charge in [-0.1, -0.05) is 0 Å². The third-order valence-electron chi connectivity index (χ3n) is 3.87. The van der Waals surface area contributed by atoms with E-state index in [4.69, 9.17) is 10.5 Å². The van der Waals surface area contributed by atoms with E-state index >= 15 is 0 Å². The van der Waals surface area contributed by atoms with Gasteiger partial charge in [0.2, 0.25) is 5.91 Å². The van der Waals surface area contributed by atoms with Gasteiger partial charge in [0, 0.05) is 30.3 Å². The third kappa shape index (κ3) is 5.03. The number of ether oxygens (including phenoxy) is 1. The summed E-state index contributed by atoms with van der Waals surface area (Å²) in [6, 6.07) is 5.17. The highest BCUT2D eigenvalue weighted by Crippen LogP contribution is 2.24. The van der Waals surface area contributed by atoms with Crippen molar-refractivity contribution in [2.24, 2.45) is 5.73 Å². The van der Waals surface area contributed by atoms with E-state index in [0.717, 1.165) is 5.56 Å². The molecule has 0 saturated carbocycles. The summed E-state index contributed by atoms with van der Waals surface area (Å²) in [5.41, 5.74) is 7.18. The molecule has 0 aromatic heterocycles. The molecule has 0 fully saturated rings. The number of hydrogen-bond donors (Lipinski definition) is 2. The molecule has 1 aliphatic heterocycles. The van der Waals surface area contributed by atoms with Gasteiger partial charge >= 0.3 is 0 Å². The van der Waals surface area contributed by atoms with E-state index in [0.29, 0.717) is 36.2 Å². The number of amides is 2. The molecular formula is C18H24FN3O3. The number of nitrogens with two attached hydrogens (primary N) is 1. The lowest BCUT2D eigenvalue weighted by atomic mass is 9.98. The van der Waals surface area contributed by atoms with Gasteiger partial charge < -0.3 is 20.7 Å². The predicted octanol–water partition coefficient (Wildman–Crippen LogP) is 1.40. The van der Waals surface area contributed by atoms with Crippen molar-refractivity contribution in [1.29, 1.82) is 0 Å². The smallest absolute Gasteiger partial charge is 0.254 e. The molecule has 3 N–H and O–H groups in total. The van der Waals surface area contributed by atoms with Crippen LogP contribution in [0, 0.1) is 0 Å². The number of benzene rings is 1. The molecule has 6 nitrogen and oxygen atoms in total. The Hall–Kier alpha value is -2.41. The van der Waals surface area contributed by atoms with Gasteiger partial charge in [0.15, 0.2) is 0 Å². The van der Waals surface area contributed by atoms with E-state index in [1.807, 2.05) is 13.8 Å². The molecule has 2 rings (SSSR count). The van der Waals surface area contributed by atoms with Crippen molar-refractivity contribution in [1.82, 2.24) is 10.2 Å². The van der Waals surface area contributed by atoms with Gasteiger partial charge in [-0.25, -0.2) is 4.39 Å². The molecule has 0 spiro atoms. The third-order valence-corrected chi connectivity index (χ3v) is 3.87. The Morgan fingerprint density at radius 3 is 2.88 bits per heavy atom. The SMILES string of the molecule is CC(C)NC(=O)CN1CCc2cc(OC/C(=C\F)CN)ccc2C1=O. The maximum absolute atomic E-state index is 12.5. The molecule has 2 amide bonds. The maximum atomic E-state index is 12.5. The second-order valence-corrected chi connectivity index (χ2v) is 6.28. The average Bonchev–Trinajstić information content (AvgIpc) is 2.57. The molecule has 0 aliphatic carbocycles. The lowest BCUT2D eigenvalue weighted by Crippen LogP contribution is -2.45. The highest BCUT2D eigenvalue weighted by molar-refractivity contribution is 5.98. The Kier molecular flexibility index (Phi) is 6.52. The molecule has 0 unspecified atom stereocenters.